The van der Waals surface area contributed by atoms with Crippen molar-refractivity contribution in [2.24, 2.45) is 0 Å². The molecule has 1 aromatic heterocycles. The molecule has 0 saturated heterocycles. The van der Waals surface area contributed by atoms with Gasteiger partial charge in [0.1, 0.15) is 0 Å². The molecule has 1 aromatic carbocycles. The standard InChI is InChI=1S/C14H18N4O2/c1-8(2)12-11(15)13(18-17-12)14(20)16-10-5-3-9(7-19)4-6-10/h3-6,8,19H,7,15H2,1-2H3,(H,16,20)(H,17,18). The summed E-state index contributed by atoms with van der Waals surface area (Å²) in [6, 6.07) is 6.91. The molecule has 2 aromatic rings. The summed E-state index contributed by atoms with van der Waals surface area (Å²) in [7, 11) is 0. The number of nitrogens with two attached hydrogens (primary N) is 1. The summed E-state index contributed by atoms with van der Waals surface area (Å²) in [6.07, 6.45) is 0. The van der Waals surface area contributed by atoms with Crippen molar-refractivity contribution < 1.29 is 9.90 Å². The van der Waals surface area contributed by atoms with Gasteiger partial charge >= 0.3 is 0 Å². The van der Waals surface area contributed by atoms with Crippen LogP contribution in [0.1, 0.15) is 41.5 Å². The summed E-state index contributed by atoms with van der Waals surface area (Å²) in [5, 5.41) is 18.4. The summed E-state index contributed by atoms with van der Waals surface area (Å²) < 4.78 is 0. The van der Waals surface area contributed by atoms with Crippen LogP contribution < -0.4 is 11.1 Å². The molecule has 0 aliphatic carbocycles. The third-order valence-electron chi connectivity index (χ3n) is 3.02. The molecule has 0 spiro atoms. The van der Waals surface area contributed by atoms with E-state index in [-0.39, 0.29) is 24.1 Å². The number of hydrogen-bond donors (Lipinski definition) is 4. The number of nitrogen functional groups attached to an aromatic ring is 1. The van der Waals surface area contributed by atoms with Gasteiger partial charge < -0.3 is 16.2 Å². The lowest BCUT2D eigenvalue weighted by molar-refractivity contribution is 0.102. The zero-order valence-corrected chi connectivity index (χ0v) is 11.5. The van der Waals surface area contributed by atoms with Gasteiger partial charge in [-0.05, 0) is 23.6 Å². The number of aromatic nitrogens is 2. The third kappa shape index (κ3) is 2.80. The SMILES string of the molecule is CC(C)c1[nH]nc(C(=O)Nc2ccc(CO)cc2)c1N. The number of carbonyl (C=O) groups is 1. The summed E-state index contributed by atoms with van der Waals surface area (Å²) >= 11 is 0. The van der Waals surface area contributed by atoms with Gasteiger partial charge in [0.25, 0.3) is 5.91 Å². The van der Waals surface area contributed by atoms with Crippen molar-refractivity contribution in [2.75, 3.05) is 11.1 Å². The lowest BCUT2D eigenvalue weighted by Gasteiger charge is -2.05. The Labute approximate surface area is 117 Å². The number of aliphatic hydroxyl groups is 1. The molecule has 0 aliphatic rings. The van der Waals surface area contributed by atoms with Crippen LogP contribution in [-0.4, -0.2) is 21.2 Å². The average Bonchev–Trinajstić information content (AvgIpc) is 2.81. The molecule has 0 saturated carbocycles. The smallest absolute Gasteiger partial charge is 0.278 e. The van der Waals surface area contributed by atoms with Crippen LogP contribution in [0.5, 0.6) is 0 Å². The number of H-pyrrole nitrogens is 1. The molecule has 1 amide bonds. The fourth-order valence-corrected chi connectivity index (χ4v) is 1.86. The number of aromatic amines is 1. The van der Waals surface area contributed by atoms with Gasteiger partial charge in [-0.1, -0.05) is 26.0 Å². The van der Waals surface area contributed by atoms with Gasteiger partial charge in [0, 0.05) is 5.69 Å². The predicted molar refractivity (Wildman–Crippen MR) is 77.4 cm³/mol. The molecule has 6 heteroatoms. The highest BCUT2D eigenvalue weighted by atomic mass is 16.3. The number of nitrogens with zero attached hydrogens (tertiary/aromatic N) is 1. The number of benzene rings is 1. The lowest BCUT2D eigenvalue weighted by Crippen LogP contribution is -2.14. The molecule has 0 fully saturated rings. The normalized spacial score (nSPS) is 10.8. The predicted octanol–water partition coefficient (Wildman–Crippen LogP) is 1.86. The Hall–Kier alpha value is -2.34. The maximum absolute atomic E-state index is 12.1. The first-order valence-corrected chi connectivity index (χ1v) is 6.37. The molecular formula is C14H18N4O2. The molecule has 0 unspecified atom stereocenters. The molecule has 0 bridgehead atoms. The van der Waals surface area contributed by atoms with E-state index in [9.17, 15) is 4.79 Å². The molecule has 5 N–H and O–H groups in total. The maximum Gasteiger partial charge on any atom is 0.278 e. The average molecular weight is 274 g/mol. The van der Waals surface area contributed by atoms with E-state index in [1.807, 2.05) is 13.8 Å². The lowest BCUT2D eigenvalue weighted by atomic mass is 10.1. The highest BCUT2D eigenvalue weighted by molar-refractivity contribution is 6.06. The van der Waals surface area contributed by atoms with Crippen LogP contribution in [-0.2, 0) is 6.61 Å². The van der Waals surface area contributed by atoms with E-state index in [1.54, 1.807) is 24.3 Å². The van der Waals surface area contributed by atoms with E-state index in [2.05, 4.69) is 15.5 Å². The van der Waals surface area contributed by atoms with Crippen molar-refractivity contribution in [3.63, 3.8) is 0 Å². The second-order valence-corrected chi connectivity index (χ2v) is 4.86. The number of rotatable bonds is 4. The van der Waals surface area contributed by atoms with Crippen LogP contribution in [0.4, 0.5) is 11.4 Å². The molecule has 106 valence electrons. The molecule has 2 rings (SSSR count). The van der Waals surface area contributed by atoms with Gasteiger partial charge in [0.05, 0.1) is 18.0 Å². The Kier molecular flexibility index (Phi) is 4.05. The number of hydrogen-bond acceptors (Lipinski definition) is 4. The van der Waals surface area contributed by atoms with Crippen LogP contribution >= 0.6 is 0 Å². The summed E-state index contributed by atoms with van der Waals surface area (Å²) in [5.41, 5.74) is 8.65. The first-order chi connectivity index (χ1) is 9.52. The second kappa shape index (κ2) is 5.75. The topological polar surface area (TPSA) is 104 Å². The minimum atomic E-state index is -0.359. The maximum atomic E-state index is 12.1. The van der Waals surface area contributed by atoms with Crippen LogP contribution in [0.25, 0.3) is 0 Å². The van der Waals surface area contributed by atoms with Crippen LogP contribution in [0, 0.1) is 0 Å². The van der Waals surface area contributed by atoms with Gasteiger partial charge in [-0.2, -0.15) is 5.10 Å². The van der Waals surface area contributed by atoms with E-state index in [0.29, 0.717) is 11.4 Å². The van der Waals surface area contributed by atoms with Crippen molar-refractivity contribution in [3.8, 4) is 0 Å². The van der Waals surface area contributed by atoms with Crippen molar-refractivity contribution in [1.29, 1.82) is 0 Å². The van der Waals surface area contributed by atoms with Crippen LogP contribution in [0.3, 0.4) is 0 Å². The minimum absolute atomic E-state index is 0.0295. The number of carbonyl (C=O) groups excluding carboxylic acids is 1. The van der Waals surface area contributed by atoms with E-state index in [4.69, 9.17) is 10.8 Å². The number of nitrogens with one attached hydrogen (secondary N) is 2. The first-order valence-electron chi connectivity index (χ1n) is 6.37. The van der Waals surface area contributed by atoms with Crippen molar-refractivity contribution in [1.82, 2.24) is 10.2 Å². The Morgan fingerprint density at radius 3 is 2.55 bits per heavy atom. The van der Waals surface area contributed by atoms with Crippen LogP contribution in [0.2, 0.25) is 0 Å². The number of anilines is 2. The van der Waals surface area contributed by atoms with Crippen molar-refractivity contribution >= 4 is 17.3 Å². The largest absolute Gasteiger partial charge is 0.395 e. The minimum Gasteiger partial charge on any atom is -0.395 e. The Balaban J connectivity index is 2.15. The summed E-state index contributed by atoms with van der Waals surface area (Å²) in [6.45, 7) is 3.91. The zero-order chi connectivity index (χ0) is 14.7. The molecule has 6 nitrogen and oxygen atoms in total. The zero-order valence-electron chi connectivity index (χ0n) is 11.5. The monoisotopic (exact) mass is 274 g/mol. The van der Waals surface area contributed by atoms with E-state index in [0.717, 1.165) is 11.3 Å². The highest BCUT2D eigenvalue weighted by Gasteiger charge is 2.18. The van der Waals surface area contributed by atoms with Gasteiger partial charge in [0.2, 0.25) is 0 Å². The quantitative estimate of drug-likeness (QED) is 0.683. The van der Waals surface area contributed by atoms with Gasteiger partial charge in [0.15, 0.2) is 5.69 Å². The van der Waals surface area contributed by atoms with Crippen LogP contribution in [0.15, 0.2) is 24.3 Å². The van der Waals surface area contributed by atoms with Gasteiger partial charge in [-0.3, -0.25) is 9.89 Å². The van der Waals surface area contributed by atoms with Crippen molar-refractivity contribution in [2.45, 2.75) is 26.4 Å². The molecule has 0 radical (unpaired) electrons. The fourth-order valence-electron chi connectivity index (χ4n) is 1.86. The molecule has 0 atom stereocenters. The molecule has 1 heterocycles. The molecule has 0 aliphatic heterocycles. The Morgan fingerprint density at radius 1 is 1.40 bits per heavy atom. The summed E-state index contributed by atoms with van der Waals surface area (Å²) in [4.78, 5) is 12.1. The van der Waals surface area contributed by atoms with E-state index < -0.39 is 0 Å². The Morgan fingerprint density at radius 2 is 2.05 bits per heavy atom. The second-order valence-electron chi connectivity index (χ2n) is 4.86. The Bertz CT molecular complexity index is 602. The molecule has 20 heavy (non-hydrogen) atoms. The van der Waals surface area contributed by atoms with E-state index in [1.165, 1.54) is 0 Å². The highest BCUT2D eigenvalue weighted by Crippen LogP contribution is 2.22. The van der Waals surface area contributed by atoms with E-state index >= 15 is 0 Å². The first kappa shape index (κ1) is 14.1. The fraction of sp³-hybridized carbons (Fsp3) is 0.286. The van der Waals surface area contributed by atoms with Gasteiger partial charge in [-0.25, -0.2) is 0 Å². The summed E-state index contributed by atoms with van der Waals surface area (Å²) in [5.74, 6) is -0.185. The third-order valence-corrected chi connectivity index (χ3v) is 3.02. The van der Waals surface area contributed by atoms with Crippen molar-refractivity contribution in [3.05, 3.63) is 41.2 Å². The number of amides is 1. The van der Waals surface area contributed by atoms with Gasteiger partial charge in [-0.15, -0.1) is 0 Å². The molecular weight excluding hydrogens is 256 g/mol. The number of aliphatic hydroxyl groups excluding tert-OH is 1.